The summed E-state index contributed by atoms with van der Waals surface area (Å²) in [5, 5.41) is 3.37. The van der Waals surface area contributed by atoms with E-state index in [1.165, 1.54) is 12.1 Å². The predicted molar refractivity (Wildman–Crippen MR) is 112 cm³/mol. The Balaban J connectivity index is 1.68. The van der Waals surface area contributed by atoms with Gasteiger partial charge in [-0.2, -0.15) is 0 Å². The van der Waals surface area contributed by atoms with Crippen LogP contribution in [0.15, 0.2) is 65.1 Å². The molecule has 6 heteroatoms. The number of anilines is 1. The topological polar surface area (TPSA) is 39.7 Å². The van der Waals surface area contributed by atoms with Gasteiger partial charge in [-0.3, -0.25) is 0 Å². The quantitative estimate of drug-likeness (QED) is 0.475. The van der Waals surface area contributed by atoms with E-state index in [9.17, 15) is 4.39 Å². The van der Waals surface area contributed by atoms with E-state index in [-0.39, 0.29) is 5.82 Å². The first-order valence-electron chi connectivity index (χ1n) is 8.70. The summed E-state index contributed by atoms with van der Waals surface area (Å²) in [5.41, 5.74) is 2.90. The molecule has 0 spiro atoms. The highest BCUT2D eigenvalue weighted by Crippen LogP contribution is 2.34. The maximum Gasteiger partial charge on any atom is 0.162 e. The molecule has 4 nitrogen and oxygen atoms in total. The van der Waals surface area contributed by atoms with Gasteiger partial charge in [0.2, 0.25) is 0 Å². The summed E-state index contributed by atoms with van der Waals surface area (Å²) in [6, 6.07) is 17.8. The van der Waals surface area contributed by atoms with Crippen molar-refractivity contribution >= 4 is 21.6 Å². The van der Waals surface area contributed by atoms with E-state index < -0.39 is 0 Å². The molecule has 146 valence electrons. The molecular weight excluding hydrogens is 425 g/mol. The molecule has 3 aromatic carbocycles. The van der Waals surface area contributed by atoms with Crippen LogP contribution in [0.2, 0.25) is 0 Å². The Morgan fingerprint density at radius 1 is 0.893 bits per heavy atom. The summed E-state index contributed by atoms with van der Waals surface area (Å²) in [6.45, 7) is 0.939. The number of hydrogen-bond acceptors (Lipinski definition) is 4. The van der Waals surface area contributed by atoms with Crippen molar-refractivity contribution in [1.82, 2.24) is 0 Å². The fourth-order valence-electron chi connectivity index (χ4n) is 2.63. The van der Waals surface area contributed by atoms with Gasteiger partial charge in [-0.05, 0) is 59.7 Å². The van der Waals surface area contributed by atoms with Crippen LogP contribution in [0.3, 0.4) is 0 Å². The third kappa shape index (κ3) is 5.16. The number of benzene rings is 3. The van der Waals surface area contributed by atoms with Gasteiger partial charge in [-0.25, -0.2) is 4.39 Å². The van der Waals surface area contributed by atoms with Crippen LogP contribution in [-0.4, -0.2) is 14.2 Å². The summed E-state index contributed by atoms with van der Waals surface area (Å²) in [4.78, 5) is 0. The first-order valence-corrected chi connectivity index (χ1v) is 9.50. The molecule has 0 aliphatic heterocycles. The number of methoxy groups -OCH3 is 2. The van der Waals surface area contributed by atoms with E-state index in [4.69, 9.17) is 14.2 Å². The van der Waals surface area contributed by atoms with Gasteiger partial charge in [0.25, 0.3) is 0 Å². The smallest absolute Gasteiger partial charge is 0.162 e. The van der Waals surface area contributed by atoms with E-state index in [0.717, 1.165) is 27.0 Å². The van der Waals surface area contributed by atoms with Gasteiger partial charge in [-0.1, -0.05) is 28.1 Å². The summed E-state index contributed by atoms with van der Waals surface area (Å²) < 4.78 is 30.4. The Kier molecular flexibility index (Phi) is 6.76. The second kappa shape index (κ2) is 9.46. The second-order valence-electron chi connectivity index (χ2n) is 6.09. The molecule has 3 rings (SSSR count). The maximum absolute atomic E-state index is 13.0. The lowest BCUT2D eigenvalue weighted by Crippen LogP contribution is -2.03. The fraction of sp³-hybridized carbons (Fsp3) is 0.182. The lowest BCUT2D eigenvalue weighted by Gasteiger charge is -2.15. The minimum atomic E-state index is -0.266. The highest BCUT2D eigenvalue weighted by Gasteiger charge is 2.11. The number of nitrogens with one attached hydrogen (secondary N) is 1. The van der Waals surface area contributed by atoms with Crippen molar-refractivity contribution in [2.24, 2.45) is 0 Å². The second-order valence-corrected chi connectivity index (χ2v) is 6.95. The van der Waals surface area contributed by atoms with Gasteiger partial charge in [0.1, 0.15) is 18.2 Å². The Morgan fingerprint density at radius 2 is 1.61 bits per heavy atom. The normalized spacial score (nSPS) is 10.4. The monoisotopic (exact) mass is 445 g/mol. The Labute approximate surface area is 172 Å². The van der Waals surface area contributed by atoms with E-state index in [1.54, 1.807) is 26.4 Å². The SMILES string of the molecule is COc1ccc(NCc2cc(OC)c(OCc3ccc(F)cc3)cc2Br)cc1. The summed E-state index contributed by atoms with van der Waals surface area (Å²) in [7, 11) is 3.25. The van der Waals surface area contributed by atoms with Gasteiger partial charge >= 0.3 is 0 Å². The minimum absolute atomic E-state index is 0.266. The summed E-state index contributed by atoms with van der Waals surface area (Å²) >= 11 is 3.60. The zero-order valence-corrected chi connectivity index (χ0v) is 17.3. The molecule has 0 radical (unpaired) electrons. The van der Waals surface area contributed by atoms with E-state index in [2.05, 4.69) is 21.2 Å². The number of ether oxygens (including phenoxy) is 3. The average Bonchev–Trinajstić information content (AvgIpc) is 2.73. The van der Waals surface area contributed by atoms with Gasteiger partial charge < -0.3 is 19.5 Å². The molecule has 0 amide bonds. The highest BCUT2D eigenvalue weighted by atomic mass is 79.9. The van der Waals surface area contributed by atoms with Gasteiger partial charge in [-0.15, -0.1) is 0 Å². The summed E-state index contributed by atoms with van der Waals surface area (Å²) in [5.74, 6) is 1.80. The molecular formula is C22H21BrFNO3. The standard InChI is InChI=1S/C22H21BrFNO3/c1-26-19-9-7-18(8-10-19)25-13-16-11-21(27-2)22(12-20(16)23)28-14-15-3-5-17(24)6-4-15/h3-12,25H,13-14H2,1-2H3. The third-order valence-corrected chi connectivity index (χ3v) is 4.95. The van der Waals surface area contributed by atoms with Crippen LogP contribution < -0.4 is 19.5 Å². The molecule has 0 atom stereocenters. The van der Waals surface area contributed by atoms with Crippen LogP contribution >= 0.6 is 15.9 Å². The molecule has 0 saturated heterocycles. The predicted octanol–water partition coefficient (Wildman–Crippen LogP) is 5.80. The van der Waals surface area contributed by atoms with Gasteiger partial charge in [0.15, 0.2) is 11.5 Å². The molecule has 0 bridgehead atoms. The lowest BCUT2D eigenvalue weighted by atomic mass is 10.2. The molecule has 1 N–H and O–H groups in total. The van der Waals surface area contributed by atoms with Crippen molar-refractivity contribution in [2.75, 3.05) is 19.5 Å². The van der Waals surface area contributed by atoms with Crippen LogP contribution in [0.1, 0.15) is 11.1 Å². The zero-order chi connectivity index (χ0) is 19.9. The van der Waals surface area contributed by atoms with Crippen molar-refractivity contribution in [2.45, 2.75) is 13.2 Å². The fourth-order valence-corrected chi connectivity index (χ4v) is 3.10. The first-order chi connectivity index (χ1) is 13.6. The number of halogens is 2. The van der Waals surface area contributed by atoms with E-state index in [1.807, 2.05) is 36.4 Å². The molecule has 0 fully saturated rings. The van der Waals surface area contributed by atoms with Crippen molar-refractivity contribution in [3.05, 3.63) is 82.1 Å². The highest BCUT2D eigenvalue weighted by molar-refractivity contribution is 9.10. The van der Waals surface area contributed by atoms with Crippen LogP contribution in [-0.2, 0) is 13.2 Å². The average molecular weight is 446 g/mol. The minimum Gasteiger partial charge on any atom is -0.497 e. The molecule has 0 aromatic heterocycles. The first kappa shape index (κ1) is 20.0. The summed E-state index contributed by atoms with van der Waals surface area (Å²) in [6.07, 6.45) is 0. The van der Waals surface area contributed by atoms with E-state index in [0.29, 0.717) is 24.7 Å². The Hall–Kier alpha value is -2.73. The van der Waals surface area contributed by atoms with Gasteiger partial charge in [0.05, 0.1) is 14.2 Å². The Morgan fingerprint density at radius 3 is 2.25 bits per heavy atom. The van der Waals surface area contributed by atoms with Gasteiger partial charge in [0, 0.05) is 16.7 Å². The lowest BCUT2D eigenvalue weighted by molar-refractivity contribution is 0.284. The maximum atomic E-state index is 13.0. The number of rotatable bonds is 8. The Bertz CT molecular complexity index is 914. The van der Waals surface area contributed by atoms with E-state index >= 15 is 0 Å². The van der Waals surface area contributed by atoms with Crippen molar-refractivity contribution in [1.29, 1.82) is 0 Å². The molecule has 28 heavy (non-hydrogen) atoms. The van der Waals surface area contributed by atoms with Crippen LogP contribution in [0, 0.1) is 5.82 Å². The molecule has 0 heterocycles. The molecule has 0 saturated carbocycles. The van der Waals surface area contributed by atoms with Crippen LogP contribution in [0.5, 0.6) is 17.2 Å². The molecule has 3 aromatic rings. The molecule has 0 unspecified atom stereocenters. The largest absolute Gasteiger partial charge is 0.497 e. The zero-order valence-electron chi connectivity index (χ0n) is 15.7. The number of hydrogen-bond donors (Lipinski definition) is 1. The van der Waals surface area contributed by atoms with Crippen LogP contribution in [0.4, 0.5) is 10.1 Å². The molecule has 0 aliphatic rings. The van der Waals surface area contributed by atoms with Crippen LogP contribution in [0.25, 0.3) is 0 Å². The van der Waals surface area contributed by atoms with Crippen molar-refractivity contribution in [3.8, 4) is 17.2 Å². The molecule has 0 aliphatic carbocycles. The third-order valence-electron chi connectivity index (χ3n) is 4.21. The van der Waals surface area contributed by atoms with Crippen molar-refractivity contribution in [3.63, 3.8) is 0 Å². The van der Waals surface area contributed by atoms with Crippen molar-refractivity contribution < 1.29 is 18.6 Å².